The molecule has 1 rings (SSSR count). The summed E-state index contributed by atoms with van der Waals surface area (Å²) in [6, 6.07) is 3.86. The van der Waals surface area contributed by atoms with Crippen LogP contribution in [0.15, 0.2) is 12.1 Å². The first-order valence-electron chi connectivity index (χ1n) is 6.05. The second-order valence-corrected chi connectivity index (χ2v) is 5.21. The van der Waals surface area contributed by atoms with E-state index in [1.807, 2.05) is 0 Å². The first-order valence-corrected chi connectivity index (χ1v) is 6.81. The molecule has 2 nitrogen and oxygen atoms in total. The molecule has 0 heterocycles. The third-order valence-corrected chi connectivity index (χ3v) is 3.46. The normalized spacial score (nSPS) is 12.5. The van der Waals surface area contributed by atoms with Gasteiger partial charge in [-0.3, -0.25) is 0 Å². The van der Waals surface area contributed by atoms with Gasteiger partial charge in [-0.25, -0.2) is 0 Å². The van der Waals surface area contributed by atoms with Crippen LogP contribution in [0.25, 0.3) is 0 Å². The summed E-state index contributed by atoms with van der Waals surface area (Å²) in [5.74, 6) is 0. The van der Waals surface area contributed by atoms with Gasteiger partial charge in [0, 0.05) is 6.04 Å². The summed E-state index contributed by atoms with van der Waals surface area (Å²) >= 11 is 11.9. The van der Waals surface area contributed by atoms with Crippen molar-refractivity contribution in [3.05, 3.63) is 22.2 Å². The molecule has 0 radical (unpaired) electrons. The van der Waals surface area contributed by atoms with Gasteiger partial charge >= 0.3 is 0 Å². The lowest BCUT2D eigenvalue weighted by Gasteiger charge is -2.17. The third-order valence-electron chi connectivity index (χ3n) is 2.74. The minimum atomic E-state index is 0.390. The maximum Gasteiger partial charge on any atom is 0.0614 e. The van der Waals surface area contributed by atoms with Crippen molar-refractivity contribution in [2.75, 3.05) is 11.1 Å². The topological polar surface area (TPSA) is 38.0 Å². The van der Waals surface area contributed by atoms with Crippen LogP contribution in [0, 0.1) is 0 Å². The van der Waals surface area contributed by atoms with Crippen molar-refractivity contribution in [2.45, 2.75) is 45.6 Å². The van der Waals surface area contributed by atoms with Gasteiger partial charge in [0.2, 0.25) is 0 Å². The van der Waals surface area contributed by atoms with Gasteiger partial charge in [-0.05, 0) is 25.5 Å². The standard InChI is InChI=1S/C13H20Cl2N2/c1-3-4-5-6-9(2)17-13-8-11(15)10(14)7-12(13)16/h7-9,17H,3-6,16H2,1-2H3. The van der Waals surface area contributed by atoms with Gasteiger partial charge in [0.25, 0.3) is 0 Å². The average Bonchev–Trinajstić information content (AvgIpc) is 2.26. The Labute approximate surface area is 113 Å². The molecule has 4 heteroatoms. The van der Waals surface area contributed by atoms with E-state index in [2.05, 4.69) is 19.2 Å². The van der Waals surface area contributed by atoms with Crippen molar-refractivity contribution < 1.29 is 0 Å². The molecule has 0 spiro atoms. The first kappa shape index (κ1) is 14.5. The highest BCUT2D eigenvalue weighted by Crippen LogP contribution is 2.31. The number of rotatable bonds is 6. The van der Waals surface area contributed by atoms with Gasteiger partial charge in [-0.15, -0.1) is 0 Å². The number of unbranched alkanes of at least 4 members (excludes halogenated alkanes) is 2. The molecule has 0 aliphatic rings. The SMILES string of the molecule is CCCCCC(C)Nc1cc(Cl)c(Cl)cc1N. The Hall–Kier alpha value is -0.600. The Morgan fingerprint density at radius 3 is 2.53 bits per heavy atom. The molecule has 0 amide bonds. The number of hydrogen-bond donors (Lipinski definition) is 2. The van der Waals surface area contributed by atoms with Gasteiger partial charge in [0.15, 0.2) is 0 Å². The molecule has 1 atom stereocenters. The second-order valence-electron chi connectivity index (χ2n) is 4.39. The zero-order chi connectivity index (χ0) is 12.8. The number of hydrogen-bond acceptors (Lipinski definition) is 2. The molecule has 1 unspecified atom stereocenters. The van der Waals surface area contributed by atoms with Crippen molar-refractivity contribution in [1.29, 1.82) is 0 Å². The van der Waals surface area contributed by atoms with Crippen molar-refractivity contribution in [1.82, 2.24) is 0 Å². The molecule has 96 valence electrons. The van der Waals surface area contributed by atoms with Crippen LogP contribution < -0.4 is 11.1 Å². The molecule has 3 N–H and O–H groups in total. The fourth-order valence-corrected chi connectivity index (χ4v) is 2.06. The Morgan fingerprint density at radius 2 is 1.88 bits per heavy atom. The van der Waals surface area contributed by atoms with Crippen LogP contribution in [0.3, 0.4) is 0 Å². The highest BCUT2D eigenvalue weighted by atomic mass is 35.5. The molecule has 0 fully saturated rings. The summed E-state index contributed by atoms with van der Waals surface area (Å²) in [6.07, 6.45) is 4.87. The molecule has 0 aliphatic carbocycles. The summed E-state index contributed by atoms with van der Waals surface area (Å²) in [5.41, 5.74) is 7.39. The Balaban J connectivity index is 2.58. The van der Waals surface area contributed by atoms with E-state index < -0.39 is 0 Å². The van der Waals surface area contributed by atoms with Gasteiger partial charge in [-0.1, -0.05) is 49.4 Å². The molecular weight excluding hydrogens is 255 g/mol. The van der Waals surface area contributed by atoms with Crippen LogP contribution in [0.5, 0.6) is 0 Å². The monoisotopic (exact) mass is 274 g/mol. The molecule has 1 aromatic rings. The molecule has 0 aliphatic heterocycles. The van der Waals surface area contributed by atoms with E-state index in [-0.39, 0.29) is 0 Å². The van der Waals surface area contributed by atoms with E-state index in [1.165, 1.54) is 19.3 Å². The van der Waals surface area contributed by atoms with Crippen molar-refractivity contribution in [2.24, 2.45) is 0 Å². The molecule has 0 saturated heterocycles. The lowest BCUT2D eigenvalue weighted by molar-refractivity contribution is 0.615. The van der Waals surface area contributed by atoms with Crippen LogP contribution in [-0.4, -0.2) is 6.04 Å². The van der Waals surface area contributed by atoms with Crippen LogP contribution >= 0.6 is 23.2 Å². The highest BCUT2D eigenvalue weighted by molar-refractivity contribution is 6.42. The molecule has 0 bridgehead atoms. The van der Waals surface area contributed by atoms with E-state index in [0.29, 0.717) is 21.8 Å². The fraction of sp³-hybridized carbons (Fsp3) is 0.538. The number of nitrogens with one attached hydrogen (secondary N) is 1. The summed E-state index contributed by atoms with van der Waals surface area (Å²) < 4.78 is 0. The van der Waals surface area contributed by atoms with Crippen LogP contribution in [-0.2, 0) is 0 Å². The molecule has 0 saturated carbocycles. The third kappa shape index (κ3) is 4.64. The fourth-order valence-electron chi connectivity index (χ4n) is 1.73. The Bertz CT molecular complexity index is 367. The van der Waals surface area contributed by atoms with Crippen molar-refractivity contribution in [3.8, 4) is 0 Å². The molecule has 0 aromatic heterocycles. The zero-order valence-corrected chi connectivity index (χ0v) is 11.9. The summed E-state index contributed by atoms with van der Waals surface area (Å²) in [7, 11) is 0. The summed E-state index contributed by atoms with van der Waals surface area (Å²) in [5, 5.41) is 4.39. The maximum atomic E-state index is 5.97. The van der Waals surface area contributed by atoms with E-state index in [4.69, 9.17) is 28.9 Å². The quantitative estimate of drug-likeness (QED) is 0.569. The Kier molecular flexibility index (Phi) is 5.93. The largest absolute Gasteiger partial charge is 0.397 e. The van der Waals surface area contributed by atoms with E-state index in [1.54, 1.807) is 12.1 Å². The van der Waals surface area contributed by atoms with Crippen LogP contribution in [0.4, 0.5) is 11.4 Å². The van der Waals surface area contributed by atoms with Gasteiger partial charge < -0.3 is 11.1 Å². The second kappa shape index (κ2) is 6.97. The smallest absolute Gasteiger partial charge is 0.0614 e. The number of halogens is 2. The number of anilines is 2. The number of nitrogens with two attached hydrogens (primary N) is 1. The minimum absolute atomic E-state index is 0.390. The van der Waals surface area contributed by atoms with Gasteiger partial charge in [0.1, 0.15) is 0 Å². The van der Waals surface area contributed by atoms with Crippen molar-refractivity contribution >= 4 is 34.6 Å². The van der Waals surface area contributed by atoms with E-state index in [0.717, 1.165) is 12.1 Å². The van der Waals surface area contributed by atoms with Crippen LogP contribution in [0.2, 0.25) is 10.0 Å². The molecule has 17 heavy (non-hydrogen) atoms. The average molecular weight is 275 g/mol. The minimum Gasteiger partial charge on any atom is -0.397 e. The lowest BCUT2D eigenvalue weighted by atomic mass is 10.1. The predicted molar refractivity (Wildman–Crippen MR) is 78.1 cm³/mol. The molecular formula is C13H20Cl2N2. The van der Waals surface area contributed by atoms with Crippen LogP contribution in [0.1, 0.15) is 39.5 Å². The van der Waals surface area contributed by atoms with E-state index in [9.17, 15) is 0 Å². The zero-order valence-electron chi connectivity index (χ0n) is 10.4. The molecule has 1 aromatic carbocycles. The number of nitrogen functional groups attached to an aromatic ring is 1. The Morgan fingerprint density at radius 1 is 1.24 bits per heavy atom. The van der Waals surface area contributed by atoms with E-state index >= 15 is 0 Å². The first-order chi connectivity index (χ1) is 8.04. The predicted octanol–water partition coefficient (Wildman–Crippen LogP) is 4.96. The van der Waals surface area contributed by atoms with Gasteiger partial charge in [-0.2, -0.15) is 0 Å². The number of benzene rings is 1. The summed E-state index contributed by atoms with van der Waals surface area (Å²) in [6.45, 7) is 4.35. The summed E-state index contributed by atoms with van der Waals surface area (Å²) in [4.78, 5) is 0. The lowest BCUT2D eigenvalue weighted by Crippen LogP contribution is -2.16. The maximum absolute atomic E-state index is 5.97. The van der Waals surface area contributed by atoms with Crippen molar-refractivity contribution in [3.63, 3.8) is 0 Å². The van der Waals surface area contributed by atoms with Gasteiger partial charge in [0.05, 0.1) is 21.4 Å². The highest BCUT2D eigenvalue weighted by Gasteiger charge is 2.08.